The molecule has 4 heteroatoms. The van der Waals surface area contributed by atoms with Gasteiger partial charge in [0.15, 0.2) is 0 Å². The van der Waals surface area contributed by atoms with E-state index in [9.17, 15) is 4.79 Å². The van der Waals surface area contributed by atoms with Crippen LogP contribution in [0.1, 0.15) is 40.0 Å². The van der Waals surface area contributed by atoms with Crippen LogP contribution in [0.15, 0.2) is 0 Å². The van der Waals surface area contributed by atoms with Crippen molar-refractivity contribution in [2.75, 3.05) is 13.7 Å². The molecule has 0 aromatic heterocycles. The Morgan fingerprint density at radius 2 is 2.12 bits per heavy atom. The summed E-state index contributed by atoms with van der Waals surface area (Å²) in [6, 6.07) is 0.238. The third kappa shape index (κ3) is 1.97. The molecule has 98 valence electrons. The van der Waals surface area contributed by atoms with Crippen LogP contribution in [0.2, 0.25) is 0 Å². The summed E-state index contributed by atoms with van der Waals surface area (Å²) >= 11 is 0. The van der Waals surface area contributed by atoms with Gasteiger partial charge in [0.1, 0.15) is 0 Å². The van der Waals surface area contributed by atoms with E-state index in [1.54, 1.807) is 7.11 Å². The van der Waals surface area contributed by atoms with E-state index in [0.717, 1.165) is 25.8 Å². The summed E-state index contributed by atoms with van der Waals surface area (Å²) in [4.78, 5) is 12.0. The standard InChI is InChI=1S/C13H24N2O2/c1-12(2)10(8-13(12,3)17-4)15-11(16)9-6-5-7-14-9/h9-10,14H,5-8H2,1-4H3,(H,15,16)/t9-,10+,13+/m0/s1. The van der Waals surface area contributed by atoms with Crippen molar-refractivity contribution in [1.29, 1.82) is 0 Å². The first kappa shape index (κ1) is 12.8. The van der Waals surface area contributed by atoms with Crippen molar-refractivity contribution < 1.29 is 9.53 Å². The van der Waals surface area contributed by atoms with E-state index in [1.807, 2.05) is 0 Å². The van der Waals surface area contributed by atoms with Crippen LogP contribution in [0.25, 0.3) is 0 Å². The van der Waals surface area contributed by atoms with Gasteiger partial charge in [-0.2, -0.15) is 0 Å². The molecule has 0 bridgehead atoms. The molecule has 2 rings (SSSR count). The van der Waals surface area contributed by atoms with Crippen LogP contribution in [0.4, 0.5) is 0 Å². The van der Waals surface area contributed by atoms with Crippen LogP contribution >= 0.6 is 0 Å². The maximum Gasteiger partial charge on any atom is 0.237 e. The van der Waals surface area contributed by atoms with Gasteiger partial charge in [-0.1, -0.05) is 13.8 Å². The second-order valence-electron chi connectivity index (χ2n) is 6.07. The molecule has 0 aromatic rings. The molecule has 1 heterocycles. The minimum atomic E-state index is -0.117. The Hall–Kier alpha value is -0.610. The largest absolute Gasteiger partial charge is 0.378 e. The van der Waals surface area contributed by atoms with Gasteiger partial charge in [-0.05, 0) is 32.7 Å². The van der Waals surface area contributed by atoms with E-state index in [-0.39, 0.29) is 29.0 Å². The average Bonchev–Trinajstić information content (AvgIpc) is 2.81. The molecule has 2 aliphatic rings. The predicted octanol–water partition coefficient (Wildman–Crippen LogP) is 1.06. The number of carbonyl (C=O) groups is 1. The fourth-order valence-corrected chi connectivity index (χ4v) is 2.90. The lowest BCUT2D eigenvalue weighted by Gasteiger charge is -2.59. The van der Waals surface area contributed by atoms with Gasteiger partial charge in [0.25, 0.3) is 0 Å². The van der Waals surface area contributed by atoms with Crippen molar-refractivity contribution >= 4 is 5.91 Å². The fourth-order valence-electron chi connectivity index (χ4n) is 2.90. The molecule has 1 aliphatic heterocycles. The van der Waals surface area contributed by atoms with Crippen LogP contribution in [0.5, 0.6) is 0 Å². The molecule has 1 amide bonds. The number of carbonyl (C=O) groups excluding carboxylic acids is 1. The Labute approximate surface area is 103 Å². The van der Waals surface area contributed by atoms with Crippen molar-refractivity contribution in [3.8, 4) is 0 Å². The number of hydrogen-bond donors (Lipinski definition) is 2. The highest BCUT2D eigenvalue weighted by Crippen LogP contribution is 2.51. The first-order chi connectivity index (χ1) is 7.90. The van der Waals surface area contributed by atoms with Crippen molar-refractivity contribution in [2.45, 2.75) is 57.7 Å². The van der Waals surface area contributed by atoms with Gasteiger partial charge >= 0.3 is 0 Å². The maximum atomic E-state index is 12.0. The van der Waals surface area contributed by atoms with Crippen LogP contribution in [-0.4, -0.2) is 37.2 Å². The van der Waals surface area contributed by atoms with E-state index < -0.39 is 0 Å². The maximum absolute atomic E-state index is 12.0. The summed E-state index contributed by atoms with van der Waals surface area (Å²) < 4.78 is 5.56. The first-order valence-electron chi connectivity index (χ1n) is 6.49. The van der Waals surface area contributed by atoms with E-state index in [2.05, 4.69) is 31.4 Å². The Bertz CT molecular complexity index is 311. The highest BCUT2D eigenvalue weighted by molar-refractivity contribution is 5.82. The van der Waals surface area contributed by atoms with Crippen molar-refractivity contribution in [2.24, 2.45) is 5.41 Å². The van der Waals surface area contributed by atoms with Gasteiger partial charge in [0, 0.05) is 18.6 Å². The molecule has 0 unspecified atom stereocenters. The SMILES string of the molecule is CO[C@]1(C)C[C@@H](NC(=O)[C@@H]2CCCN2)C1(C)C. The average molecular weight is 240 g/mol. The van der Waals surface area contributed by atoms with E-state index in [0.29, 0.717) is 0 Å². The second-order valence-corrected chi connectivity index (χ2v) is 6.07. The lowest BCUT2D eigenvalue weighted by Crippen LogP contribution is -2.69. The lowest BCUT2D eigenvalue weighted by atomic mass is 9.56. The highest BCUT2D eigenvalue weighted by atomic mass is 16.5. The molecule has 1 saturated heterocycles. The smallest absolute Gasteiger partial charge is 0.237 e. The van der Waals surface area contributed by atoms with E-state index in [1.165, 1.54) is 0 Å². The molecule has 0 spiro atoms. The number of hydrogen-bond acceptors (Lipinski definition) is 3. The van der Waals surface area contributed by atoms with E-state index >= 15 is 0 Å². The summed E-state index contributed by atoms with van der Waals surface area (Å²) in [5.41, 5.74) is -0.121. The van der Waals surface area contributed by atoms with Crippen molar-refractivity contribution in [3.05, 3.63) is 0 Å². The molecular weight excluding hydrogens is 216 g/mol. The quantitative estimate of drug-likeness (QED) is 0.775. The van der Waals surface area contributed by atoms with Crippen molar-refractivity contribution in [3.63, 3.8) is 0 Å². The molecule has 0 aromatic carbocycles. The molecule has 0 radical (unpaired) electrons. The van der Waals surface area contributed by atoms with Gasteiger partial charge in [-0.3, -0.25) is 4.79 Å². The number of amides is 1. The summed E-state index contributed by atoms with van der Waals surface area (Å²) in [5.74, 6) is 0.152. The first-order valence-corrected chi connectivity index (χ1v) is 6.49. The van der Waals surface area contributed by atoms with Gasteiger partial charge in [-0.15, -0.1) is 0 Å². The molecule has 2 fully saturated rings. The van der Waals surface area contributed by atoms with Crippen LogP contribution in [-0.2, 0) is 9.53 Å². The fraction of sp³-hybridized carbons (Fsp3) is 0.923. The highest BCUT2D eigenvalue weighted by Gasteiger charge is 2.58. The molecule has 1 saturated carbocycles. The third-order valence-corrected chi connectivity index (χ3v) is 4.97. The van der Waals surface area contributed by atoms with Gasteiger partial charge in [0.2, 0.25) is 5.91 Å². The van der Waals surface area contributed by atoms with Crippen LogP contribution < -0.4 is 10.6 Å². The molecule has 2 N–H and O–H groups in total. The molecule has 3 atom stereocenters. The number of nitrogens with one attached hydrogen (secondary N) is 2. The molecule has 1 aliphatic carbocycles. The van der Waals surface area contributed by atoms with E-state index in [4.69, 9.17) is 4.74 Å². The molecular formula is C13H24N2O2. The minimum absolute atomic E-state index is 0.00395. The zero-order valence-corrected chi connectivity index (χ0v) is 11.3. The molecule has 4 nitrogen and oxygen atoms in total. The number of methoxy groups -OCH3 is 1. The summed E-state index contributed by atoms with van der Waals surface area (Å²) in [5, 5.41) is 6.39. The topological polar surface area (TPSA) is 50.4 Å². The van der Waals surface area contributed by atoms with Gasteiger partial charge < -0.3 is 15.4 Å². The zero-order valence-electron chi connectivity index (χ0n) is 11.3. The number of rotatable bonds is 3. The Morgan fingerprint density at radius 1 is 1.41 bits per heavy atom. The number of ether oxygens (including phenoxy) is 1. The Kier molecular flexibility index (Phi) is 3.21. The third-order valence-electron chi connectivity index (χ3n) is 4.97. The lowest BCUT2D eigenvalue weighted by molar-refractivity contribution is -0.182. The van der Waals surface area contributed by atoms with Gasteiger partial charge in [0.05, 0.1) is 11.6 Å². The normalized spacial score (nSPS) is 39.8. The Balaban J connectivity index is 1.91. The summed E-state index contributed by atoms with van der Waals surface area (Å²) in [6.45, 7) is 7.39. The van der Waals surface area contributed by atoms with Gasteiger partial charge in [-0.25, -0.2) is 0 Å². The summed E-state index contributed by atoms with van der Waals surface area (Å²) in [6.07, 6.45) is 2.96. The van der Waals surface area contributed by atoms with Crippen LogP contribution in [0, 0.1) is 5.41 Å². The molecule has 17 heavy (non-hydrogen) atoms. The monoisotopic (exact) mass is 240 g/mol. The van der Waals surface area contributed by atoms with Crippen molar-refractivity contribution in [1.82, 2.24) is 10.6 Å². The minimum Gasteiger partial charge on any atom is -0.378 e. The zero-order chi connectivity index (χ0) is 12.7. The van der Waals surface area contributed by atoms with Crippen LogP contribution in [0.3, 0.4) is 0 Å². The summed E-state index contributed by atoms with van der Waals surface area (Å²) in [7, 11) is 1.75. The predicted molar refractivity (Wildman–Crippen MR) is 66.8 cm³/mol. The Morgan fingerprint density at radius 3 is 2.59 bits per heavy atom. The second kappa shape index (κ2) is 4.25.